The third-order valence-electron chi connectivity index (χ3n) is 13.0. The quantitative estimate of drug-likeness (QED) is 0.0133. The Morgan fingerprint density at radius 3 is 1.41 bits per heavy atom. The summed E-state index contributed by atoms with van der Waals surface area (Å²) in [5.41, 5.74) is 0. The molecule has 398 valence electrons. The molecule has 0 aromatic heterocycles. The lowest BCUT2D eigenvalue weighted by atomic mass is 9.98. The number of carbonyl (C=O) groups excluding carboxylic acids is 2. The number of aliphatic hydroxyl groups is 7. The van der Waals surface area contributed by atoms with Crippen molar-refractivity contribution in [1.29, 1.82) is 0 Å². The van der Waals surface area contributed by atoms with E-state index in [1.807, 2.05) is 6.08 Å². The molecule has 68 heavy (non-hydrogen) atoms. The number of carbonyl (C=O) groups is 2. The summed E-state index contributed by atoms with van der Waals surface area (Å²) in [6, 6.07) is 0. The molecule has 7 N–H and O–H groups in total. The molecule has 11 atom stereocenters. The smallest absolute Gasteiger partial charge is 0.331 e. The van der Waals surface area contributed by atoms with Gasteiger partial charge in [0.2, 0.25) is 0 Å². The van der Waals surface area contributed by atoms with Gasteiger partial charge in [0.25, 0.3) is 0 Å². The van der Waals surface area contributed by atoms with Gasteiger partial charge in [-0.15, -0.1) is 0 Å². The Morgan fingerprint density at radius 2 is 0.926 bits per heavy atom. The van der Waals surface area contributed by atoms with E-state index in [0.717, 1.165) is 38.5 Å². The van der Waals surface area contributed by atoms with Crippen LogP contribution in [0, 0.1) is 0 Å². The molecule has 2 aliphatic heterocycles. The summed E-state index contributed by atoms with van der Waals surface area (Å²) in [6.45, 7) is 2.50. The van der Waals surface area contributed by atoms with Crippen LogP contribution in [0.1, 0.15) is 206 Å². The van der Waals surface area contributed by atoms with Crippen molar-refractivity contribution in [2.45, 2.75) is 274 Å². The third-order valence-corrected chi connectivity index (χ3v) is 13.0. The van der Waals surface area contributed by atoms with E-state index in [1.54, 1.807) is 12.2 Å². The molecule has 15 nitrogen and oxygen atoms in total. The second kappa shape index (κ2) is 40.6. The molecule has 0 spiro atoms. The number of rotatable bonds is 42. The van der Waals surface area contributed by atoms with Crippen LogP contribution in [0.4, 0.5) is 0 Å². The van der Waals surface area contributed by atoms with Gasteiger partial charge in [0, 0.05) is 12.5 Å². The lowest BCUT2D eigenvalue weighted by Crippen LogP contribution is -2.61. The van der Waals surface area contributed by atoms with Crippen molar-refractivity contribution in [3.05, 3.63) is 24.3 Å². The highest BCUT2D eigenvalue weighted by atomic mass is 16.7. The number of unbranched alkanes of at least 4 members (excludes halogenated alkanes) is 27. The van der Waals surface area contributed by atoms with E-state index in [1.165, 1.54) is 147 Å². The van der Waals surface area contributed by atoms with Gasteiger partial charge in [-0.2, -0.15) is 0 Å². The van der Waals surface area contributed by atoms with Gasteiger partial charge in [0.1, 0.15) is 55.4 Å². The fourth-order valence-corrected chi connectivity index (χ4v) is 8.60. The van der Waals surface area contributed by atoms with Crippen molar-refractivity contribution in [1.82, 2.24) is 0 Å². The number of allylic oxidation sites excluding steroid dienone is 3. The van der Waals surface area contributed by atoms with Gasteiger partial charge in [-0.25, -0.2) is 4.79 Å². The van der Waals surface area contributed by atoms with Crippen LogP contribution in [-0.2, 0) is 38.0 Å². The minimum atomic E-state index is -1.78. The highest BCUT2D eigenvalue weighted by Crippen LogP contribution is 2.26. The highest BCUT2D eigenvalue weighted by Gasteiger charge is 2.47. The van der Waals surface area contributed by atoms with E-state index in [4.69, 9.17) is 28.4 Å². The predicted molar refractivity (Wildman–Crippen MR) is 261 cm³/mol. The van der Waals surface area contributed by atoms with Gasteiger partial charge in [0.05, 0.1) is 19.8 Å². The Morgan fingerprint density at radius 1 is 0.500 bits per heavy atom. The van der Waals surface area contributed by atoms with Crippen LogP contribution in [0.2, 0.25) is 0 Å². The van der Waals surface area contributed by atoms with E-state index in [-0.39, 0.29) is 13.0 Å². The molecule has 2 rings (SSSR count). The molecule has 2 saturated heterocycles. The zero-order valence-electron chi connectivity index (χ0n) is 42.1. The first-order valence-electron chi connectivity index (χ1n) is 27.0. The minimum Gasteiger partial charge on any atom is -0.462 e. The molecule has 0 bridgehead atoms. The molecule has 15 heteroatoms. The SMILES string of the molecule is CCCCCCCCCCCCC/C=C/C=C/C(=O)O[C@@H](COC(=O)CCCCCCCCCCCCCCCCCCC)CO[C@@H]1O[C@H](CO[C@@H]2O[C@H](CO)[C@H](O)C(O)C2O)[C@H](O)C(O)C1O. The van der Waals surface area contributed by atoms with Crippen LogP contribution in [0.5, 0.6) is 0 Å². The molecule has 0 radical (unpaired) electrons. The van der Waals surface area contributed by atoms with Gasteiger partial charge in [0.15, 0.2) is 18.7 Å². The van der Waals surface area contributed by atoms with Crippen molar-refractivity contribution in [3.63, 3.8) is 0 Å². The Bertz CT molecular complexity index is 1280. The summed E-state index contributed by atoms with van der Waals surface area (Å²) >= 11 is 0. The maximum atomic E-state index is 12.9. The summed E-state index contributed by atoms with van der Waals surface area (Å²) in [7, 11) is 0. The highest BCUT2D eigenvalue weighted by molar-refractivity contribution is 5.82. The summed E-state index contributed by atoms with van der Waals surface area (Å²) in [4.78, 5) is 25.7. The monoisotopic (exact) mass is 973 g/mol. The molecule has 0 aromatic rings. The summed E-state index contributed by atoms with van der Waals surface area (Å²) in [5.74, 6) is -1.17. The Kier molecular flexibility index (Phi) is 37.0. The largest absolute Gasteiger partial charge is 0.462 e. The number of hydrogen-bond donors (Lipinski definition) is 7. The van der Waals surface area contributed by atoms with Crippen LogP contribution in [0.3, 0.4) is 0 Å². The van der Waals surface area contributed by atoms with Crippen molar-refractivity contribution >= 4 is 11.9 Å². The molecular formula is C53H96O15. The lowest BCUT2D eigenvalue weighted by molar-refractivity contribution is -0.332. The van der Waals surface area contributed by atoms with E-state index >= 15 is 0 Å². The molecule has 2 aliphatic rings. The maximum absolute atomic E-state index is 12.9. The molecule has 0 aromatic carbocycles. The first-order valence-corrected chi connectivity index (χ1v) is 27.0. The summed E-state index contributed by atoms with van der Waals surface area (Å²) < 4.78 is 33.4. The summed E-state index contributed by atoms with van der Waals surface area (Å²) in [6.07, 6.45) is 25.5. The predicted octanol–water partition coefficient (Wildman–Crippen LogP) is 7.94. The zero-order valence-corrected chi connectivity index (χ0v) is 42.1. The van der Waals surface area contributed by atoms with Gasteiger partial charge < -0.3 is 64.2 Å². The van der Waals surface area contributed by atoms with E-state index < -0.39 is 99.3 Å². The van der Waals surface area contributed by atoms with Crippen molar-refractivity contribution in [2.75, 3.05) is 26.4 Å². The average molecular weight is 973 g/mol. The number of hydrogen-bond acceptors (Lipinski definition) is 15. The lowest BCUT2D eigenvalue weighted by Gasteiger charge is -2.42. The first-order chi connectivity index (χ1) is 33.0. The van der Waals surface area contributed by atoms with Crippen molar-refractivity contribution in [3.8, 4) is 0 Å². The van der Waals surface area contributed by atoms with Crippen LogP contribution >= 0.6 is 0 Å². The Labute approximate surface area is 409 Å². The fraction of sp³-hybridized carbons (Fsp3) is 0.887. The van der Waals surface area contributed by atoms with E-state index in [2.05, 4.69) is 13.8 Å². The second-order valence-corrected chi connectivity index (χ2v) is 19.1. The van der Waals surface area contributed by atoms with Crippen LogP contribution < -0.4 is 0 Å². The number of esters is 2. The standard InChI is InChI=1S/C53H96O15/c1-3-5-7-9-11-13-15-17-19-20-22-23-25-27-29-31-33-35-44(55)63-38-41(66-45(56)36-34-32-30-28-26-24-21-18-16-14-12-10-8-6-4-2)39-64-52-51(62)49(60)47(58)43(68-52)40-65-53-50(61)48(59)46(57)42(37-54)67-53/h30,32,34,36,41-43,46-54,57-62H,3-29,31,33,35,37-40H2,1-2H3/b32-30+,36-34+/t41-,42+,43+,46-,47-,48?,49?,50?,51?,52+,53+/m0/s1. The molecule has 2 heterocycles. The minimum absolute atomic E-state index is 0.203. The third kappa shape index (κ3) is 28.1. The average Bonchev–Trinajstić information content (AvgIpc) is 3.33. The number of aliphatic hydroxyl groups excluding tert-OH is 7. The Balaban J connectivity index is 1.81. The molecule has 4 unspecified atom stereocenters. The molecule has 0 amide bonds. The molecule has 0 saturated carbocycles. The number of ether oxygens (including phenoxy) is 6. The molecule has 2 fully saturated rings. The van der Waals surface area contributed by atoms with Gasteiger partial charge in [-0.3, -0.25) is 4.79 Å². The topological polar surface area (TPSA) is 231 Å². The molecular weight excluding hydrogens is 877 g/mol. The van der Waals surface area contributed by atoms with Gasteiger partial charge in [-0.05, 0) is 19.3 Å². The Hall–Kier alpha value is -2.02. The van der Waals surface area contributed by atoms with Gasteiger partial charge >= 0.3 is 11.9 Å². The van der Waals surface area contributed by atoms with Crippen LogP contribution in [0.25, 0.3) is 0 Å². The fourth-order valence-electron chi connectivity index (χ4n) is 8.60. The van der Waals surface area contributed by atoms with Crippen molar-refractivity contribution in [2.24, 2.45) is 0 Å². The maximum Gasteiger partial charge on any atom is 0.331 e. The first kappa shape index (κ1) is 62.1. The van der Waals surface area contributed by atoms with Gasteiger partial charge in [-0.1, -0.05) is 199 Å². The van der Waals surface area contributed by atoms with Crippen molar-refractivity contribution < 1.29 is 73.8 Å². The van der Waals surface area contributed by atoms with E-state index in [9.17, 15) is 45.3 Å². The second-order valence-electron chi connectivity index (χ2n) is 19.1. The zero-order chi connectivity index (χ0) is 49.6. The molecule has 0 aliphatic carbocycles. The van der Waals surface area contributed by atoms with E-state index in [0.29, 0.717) is 6.42 Å². The van der Waals surface area contributed by atoms with Crippen LogP contribution in [0.15, 0.2) is 24.3 Å². The summed E-state index contributed by atoms with van der Waals surface area (Å²) in [5, 5.41) is 72.1. The normalized spacial score (nSPS) is 25.9. The van der Waals surface area contributed by atoms with Crippen LogP contribution in [-0.4, -0.2) is 142 Å².